The lowest BCUT2D eigenvalue weighted by Gasteiger charge is -2.24. The number of aromatic amines is 1. The smallest absolute Gasteiger partial charge is 0.410 e. The van der Waals surface area contributed by atoms with Crippen LogP contribution in [-0.2, 0) is 4.74 Å². The van der Waals surface area contributed by atoms with Gasteiger partial charge in [0.1, 0.15) is 17.1 Å². The molecule has 0 saturated heterocycles. The van der Waals surface area contributed by atoms with E-state index in [2.05, 4.69) is 25.9 Å². The molecule has 3 aromatic rings. The van der Waals surface area contributed by atoms with Crippen LogP contribution in [0.15, 0.2) is 48.8 Å². The maximum atomic E-state index is 13.2. The fourth-order valence-electron chi connectivity index (χ4n) is 3.20. The van der Waals surface area contributed by atoms with Crippen molar-refractivity contribution < 1.29 is 28.3 Å². The number of halogens is 2. The molecule has 1 aromatic heterocycles. The van der Waals surface area contributed by atoms with Crippen molar-refractivity contribution in [3.8, 4) is 0 Å². The lowest BCUT2D eigenvalue weighted by molar-refractivity contribution is 0.0299. The predicted molar refractivity (Wildman–Crippen MR) is 144 cm³/mol. The lowest BCUT2D eigenvalue weighted by Crippen LogP contribution is -2.39. The number of amides is 4. The van der Waals surface area contributed by atoms with E-state index in [0.29, 0.717) is 11.4 Å². The minimum Gasteiger partial charge on any atom is -0.444 e. The zero-order valence-electron chi connectivity index (χ0n) is 21.7. The van der Waals surface area contributed by atoms with Gasteiger partial charge in [0.05, 0.1) is 16.9 Å². The van der Waals surface area contributed by atoms with E-state index in [4.69, 9.17) is 16.3 Å². The Labute approximate surface area is 229 Å². The van der Waals surface area contributed by atoms with Crippen molar-refractivity contribution in [2.75, 3.05) is 30.8 Å². The first-order chi connectivity index (χ1) is 18.3. The standard InChI is InChI=1S/C26H28ClFN6O5/c1-26(2,3)39-25(38)34(4)12-11-29-23(36)20-21(31-14-30-20)24(37)33-17-8-6-16(7-9-17)32-22(35)18-10-5-15(28)13-19(18)27/h5-10,13-14H,11-12H2,1-4H3,(H,29,36)(H,30,31)(H,32,35)(H,33,37). The molecule has 4 N–H and O–H groups in total. The van der Waals surface area contributed by atoms with Gasteiger partial charge in [-0.2, -0.15) is 0 Å². The third-order valence-corrected chi connectivity index (χ3v) is 5.41. The average Bonchev–Trinajstić information content (AvgIpc) is 3.34. The second-order valence-electron chi connectivity index (χ2n) is 9.39. The Hall–Kier alpha value is -4.45. The number of likely N-dealkylation sites (N-methyl/N-ethyl adjacent to an activating group) is 1. The van der Waals surface area contributed by atoms with Gasteiger partial charge in [0.25, 0.3) is 17.7 Å². The highest BCUT2D eigenvalue weighted by atomic mass is 35.5. The molecule has 13 heteroatoms. The van der Waals surface area contributed by atoms with Crippen LogP contribution in [0.25, 0.3) is 0 Å². The molecule has 206 valence electrons. The summed E-state index contributed by atoms with van der Waals surface area (Å²) in [4.78, 5) is 57.7. The molecule has 39 heavy (non-hydrogen) atoms. The quantitative estimate of drug-likeness (QED) is 0.324. The summed E-state index contributed by atoms with van der Waals surface area (Å²) in [5, 5.41) is 7.87. The summed E-state index contributed by atoms with van der Waals surface area (Å²) in [6.45, 7) is 5.57. The number of anilines is 2. The van der Waals surface area contributed by atoms with Crippen LogP contribution in [0.5, 0.6) is 0 Å². The molecule has 11 nitrogen and oxygen atoms in total. The van der Waals surface area contributed by atoms with Crippen LogP contribution in [0.2, 0.25) is 5.02 Å². The van der Waals surface area contributed by atoms with Gasteiger partial charge in [-0.05, 0) is 63.2 Å². The average molecular weight is 559 g/mol. The Kier molecular flexibility index (Phi) is 9.25. The Morgan fingerprint density at radius 1 is 1.00 bits per heavy atom. The number of carbonyl (C=O) groups is 4. The summed E-state index contributed by atoms with van der Waals surface area (Å²) < 4.78 is 18.5. The summed E-state index contributed by atoms with van der Waals surface area (Å²) in [5.41, 5.74) is 0.0834. The topological polar surface area (TPSA) is 146 Å². The molecule has 1 heterocycles. The molecule has 0 unspecified atom stereocenters. The van der Waals surface area contributed by atoms with Crippen molar-refractivity contribution in [1.82, 2.24) is 20.2 Å². The zero-order valence-corrected chi connectivity index (χ0v) is 22.5. The van der Waals surface area contributed by atoms with Crippen LogP contribution in [-0.4, -0.2) is 64.4 Å². The highest BCUT2D eigenvalue weighted by molar-refractivity contribution is 6.34. The van der Waals surface area contributed by atoms with Crippen molar-refractivity contribution in [2.45, 2.75) is 26.4 Å². The van der Waals surface area contributed by atoms with Crippen LogP contribution < -0.4 is 16.0 Å². The van der Waals surface area contributed by atoms with E-state index < -0.39 is 35.2 Å². The van der Waals surface area contributed by atoms with E-state index in [9.17, 15) is 23.6 Å². The van der Waals surface area contributed by atoms with Crippen molar-refractivity contribution in [3.05, 3.63) is 76.6 Å². The number of nitrogens with one attached hydrogen (secondary N) is 4. The molecular formula is C26H28ClFN6O5. The van der Waals surface area contributed by atoms with Crippen molar-refractivity contribution in [3.63, 3.8) is 0 Å². The first kappa shape index (κ1) is 29.1. The maximum absolute atomic E-state index is 13.2. The van der Waals surface area contributed by atoms with Crippen LogP contribution in [0.3, 0.4) is 0 Å². The number of nitrogens with zero attached hydrogens (tertiary/aromatic N) is 2. The molecule has 2 aromatic carbocycles. The monoisotopic (exact) mass is 558 g/mol. The van der Waals surface area contributed by atoms with E-state index in [1.165, 1.54) is 17.3 Å². The van der Waals surface area contributed by atoms with Crippen LogP contribution in [0.1, 0.15) is 52.1 Å². The molecule has 3 rings (SSSR count). The molecule has 0 atom stereocenters. The van der Waals surface area contributed by atoms with Crippen molar-refractivity contribution >= 4 is 46.8 Å². The molecule has 0 aliphatic rings. The maximum Gasteiger partial charge on any atom is 0.410 e. The molecule has 0 fully saturated rings. The van der Waals surface area contributed by atoms with Gasteiger partial charge in [-0.25, -0.2) is 14.2 Å². The molecule has 0 saturated carbocycles. The van der Waals surface area contributed by atoms with Gasteiger partial charge in [-0.1, -0.05) is 11.6 Å². The number of rotatable bonds is 8. The molecule has 0 aliphatic carbocycles. The highest BCUT2D eigenvalue weighted by Crippen LogP contribution is 2.20. The zero-order chi connectivity index (χ0) is 28.7. The van der Waals surface area contributed by atoms with Gasteiger partial charge in [-0.3, -0.25) is 14.4 Å². The summed E-state index contributed by atoms with van der Waals surface area (Å²) >= 11 is 5.93. The van der Waals surface area contributed by atoms with Crippen LogP contribution in [0.4, 0.5) is 20.6 Å². The minimum atomic E-state index is -0.640. The summed E-state index contributed by atoms with van der Waals surface area (Å²) in [6, 6.07) is 9.62. The second kappa shape index (κ2) is 12.4. The van der Waals surface area contributed by atoms with Gasteiger partial charge < -0.3 is 30.6 Å². The van der Waals surface area contributed by atoms with E-state index in [0.717, 1.165) is 12.1 Å². The number of aromatic nitrogens is 2. The number of ether oxygens (including phenoxy) is 1. The number of H-pyrrole nitrogens is 1. The minimum absolute atomic E-state index is 0.0229. The van der Waals surface area contributed by atoms with Gasteiger partial charge >= 0.3 is 6.09 Å². The normalized spacial score (nSPS) is 10.9. The number of hydrogen-bond acceptors (Lipinski definition) is 6. The first-order valence-electron chi connectivity index (χ1n) is 11.8. The highest BCUT2D eigenvalue weighted by Gasteiger charge is 2.22. The number of benzene rings is 2. The fourth-order valence-corrected chi connectivity index (χ4v) is 3.45. The van der Waals surface area contributed by atoms with E-state index >= 15 is 0 Å². The molecule has 0 radical (unpaired) electrons. The number of carbonyl (C=O) groups excluding carboxylic acids is 4. The van der Waals surface area contributed by atoms with Crippen molar-refractivity contribution in [2.24, 2.45) is 0 Å². The van der Waals surface area contributed by atoms with Gasteiger partial charge in [-0.15, -0.1) is 0 Å². The Morgan fingerprint density at radius 3 is 2.21 bits per heavy atom. The first-order valence-corrected chi connectivity index (χ1v) is 12.2. The largest absolute Gasteiger partial charge is 0.444 e. The second-order valence-corrected chi connectivity index (χ2v) is 9.80. The fraction of sp³-hybridized carbons (Fsp3) is 0.269. The predicted octanol–water partition coefficient (Wildman–Crippen LogP) is 4.30. The summed E-state index contributed by atoms with van der Waals surface area (Å²) in [6.07, 6.45) is 0.693. The Bertz CT molecular complexity index is 1370. The van der Waals surface area contributed by atoms with Crippen molar-refractivity contribution in [1.29, 1.82) is 0 Å². The SMILES string of the molecule is CN(CCNC(=O)c1[nH]cnc1C(=O)Nc1ccc(NC(=O)c2ccc(F)cc2Cl)cc1)C(=O)OC(C)(C)C. The van der Waals surface area contributed by atoms with Gasteiger partial charge in [0.2, 0.25) is 0 Å². The molecular weight excluding hydrogens is 531 g/mol. The van der Waals surface area contributed by atoms with E-state index in [1.54, 1.807) is 52.1 Å². The summed E-state index contributed by atoms with van der Waals surface area (Å²) in [7, 11) is 1.55. The molecule has 0 bridgehead atoms. The number of imidazole rings is 1. The lowest BCUT2D eigenvalue weighted by atomic mass is 10.2. The Balaban J connectivity index is 1.54. The van der Waals surface area contributed by atoms with E-state index in [1.807, 2.05) is 0 Å². The molecule has 4 amide bonds. The number of hydrogen-bond donors (Lipinski definition) is 4. The molecule has 0 spiro atoms. The Morgan fingerprint density at radius 2 is 1.62 bits per heavy atom. The molecule has 0 aliphatic heterocycles. The van der Waals surface area contributed by atoms with Gasteiger partial charge in [0, 0.05) is 31.5 Å². The van der Waals surface area contributed by atoms with Crippen LogP contribution >= 0.6 is 11.6 Å². The summed E-state index contributed by atoms with van der Waals surface area (Å²) in [5.74, 6) is -2.30. The van der Waals surface area contributed by atoms with Gasteiger partial charge in [0.15, 0.2) is 5.69 Å². The third-order valence-electron chi connectivity index (χ3n) is 5.10. The third kappa shape index (κ3) is 8.27. The van der Waals surface area contributed by atoms with E-state index in [-0.39, 0.29) is 35.1 Å². The van der Waals surface area contributed by atoms with Crippen LogP contribution in [0, 0.1) is 5.82 Å².